The van der Waals surface area contributed by atoms with Crippen LogP contribution in [0, 0.1) is 17.6 Å². The Morgan fingerprint density at radius 3 is 2.76 bits per heavy atom. The molecule has 1 heterocycles. The number of hydrogen-bond donors (Lipinski definition) is 2. The Bertz CT molecular complexity index is 551. The van der Waals surface area contributed by atoms with Crippen molar-refractivity contribution in [3.8, 4) is 0 Å². The number of halogens is 2. The van der Waals surface area contributed by atoms with E-state index in [-0.39, 0.29) is 13.1 Å². The summed E-state index contributed by atoms with van der Waals surface area (Å²) < 4.78 is 25.8. The van der Waals surface area contributed by atoms with E-state index in [4.69, 9.17) is 5.11 Å². The topological polar surface area (TPSA) is 69.6 Å². The van der Waals surface area contributed by atoms with E-state index in [0.717, 1.165) is 12.1 Å². The number of carbonyl (C=O) groups is 2. The van der Waals surface area contributed by atoms with Crippen LogP contribution in [0.4, 0.5) is 13.6 Å². The van der Waals surface area contributed by atoms with Crippen LogP contribution in [0.1, 0.15) is 18.4 Å². The average molecular weight is 298 g/mol. The Hall–Kier alpha value is -2.18. The predicted octanol–water partition coefficient (Wildman–Crippen LogP) is 1.97. The van der Waals surface area contributed by atoms with Crippen LogP contribution >= 0.6 is 0 Å². The van der Waals surface area contributed by atoms with Crippen LogP contribution in [0.25, 0.3) is 0 Å². The van der Waals surface area contributed by atoms with Crippen LogP contribution in [0.3, 0.4) is 0 Å². The van der Waals surface area contributed by atoms with Crippen molar-refractivity contribution in [3.63, 3.8) is 0 Å². The summed E-state index contributed by atoms with van der Waals surface area (Å²) in [7, 11) is 0. The molecular formula is C14H16F2N2O3. The van der Waals surface area contributed by atoms with Gasteiger partial charge >= 0.3 is 12.0 Å². The van der Waals surface area contributed by atoms with Crippen LogP contribution in [0.5, 0.6) is 0 Å². The number of nitrogens with zero attached hydrogens (tertiary/aromatic N) is 1. The van der Waals surface area contributed by atoms with E-state index in [0.29, 0.717) is 24.9 Å². The highest BCUT2D eigenvalue weighted by Gasteiger charge is 2.27. The summed E-state index contributed by atoms with van der Waals surface area (Å²) in [6.45, 7) is 0.719. The second-order valence-electron chi connectivity index (χ2n) is 5.03. The van der Waals surface area contributed by atoms with E-state index in [1.54, 1.807) is 0 Å². The molecule has 0 spiro atoms. The molecule has 5 nitrogen and oxygen atoms in total. The number of nitrogens with one attached hydrogen (secondary N) is 1. The molecular weight excluding hydrogens is 282 g/mol. The first kappa shape index (κ1) is 15.2. The summed E-state index contributed by atoms with van der Waals surface area (Å²) in [6, 6.07) is 3.00. The normalized spacial score (nSPS) is 18.4. The number of rotatable bonds is 3. The highest BCUT2D eigenvalue weighted by molar-refractivity contribution is 5.76. The number of aliphatic carboxylic acids is 1. The third kappa shape index (κ3) is 3.90. The Labute approximate surface area is 120 Å². The third-order valence-corrected chi connectivity index (χ3v) is 3.49. The first-order chi connectivity index (χ1) is 9.97. The van der Waals surface area contributed by atoms with Gasteiger partial charge in [-0.3, -0.25) is 4.79 Å². The summed E-state index contributed by atoms with van der Waals surface area (Å²) in [5.74, 6) is -3.36. The zero-order valence-corrected chi connectivity index (χ0v) is 11.3. The maximum Gasteiger partial charge on any atom is 0.317 e. The van der Waals surface area contributed by atoms with Gasteiger partial charge in [-0.25, -0.2) is 13.6 Å². The van der Waals surface area contributed by atoms with Gasteiger partial charge in [0.25, 0.3) is 0 Å². The molecule has 0 bridgehead atoms. The number of piperidine rings is 1. The molecule has 0 radical (unpaired) electrons. The first-order valence-electron chi connectivity index (χ1n) is 6.67. The lowest BCUT2D eigenvalue weighted by Crippen LogP contribution is -2.46. The number of carbonyl (C=O) groups excluding carboxylic acids is 1. The van der Waals surface area contributed by atoms with Gasteiger partial charge in [-0.1, -0.05) is 6.07 Å². The molecule has 0 saturated carbocycles. The molecule has 21 heavy (non-hydrogen) atoms. The number of urea groups is 1. The van der Waals surface area contributed by atoms with Crippen molar-refractivity contribution < 1.29 is 23.5 Å². The van der Waals surface area contributed by atoms with E-state index in [2.05, 4.69) is 5.32 Å². The van der Waals surface area contributed by atoms with E-state index in [1.807, 2.05) is 0 Å². The van der Waals surface area contributed by atoms with Crippen molar-refractivity contribution in [2.45, 2.75) is 19.4 Å². The highest BCUT2D eigenvalue weighted by atomic mass is 19.2. The molecule has 1 aromatic carbocycles. The summed E-state index contributed by atoms with van der Waals surface area (Å²) in [4.78, 5) is 24.3. The van der Waals surface area contributed by atoms with Crippen molar-refractivity contribution in [2.24, 2.45) is 5.92 Å². The molecule has 114 valence electrons. The summed E-state index contributed by atoms with van der Waals surface area (Å²) in [5.41, 5.74) is 0.439. The molecule has 0 aromatic heterocycles. The van der Waals surface area contributed by atoms with E-state index < -0.39 is 29.6 Å². The fourth-order valence-electron chi connectivity index (χ4n) is 2.30. The number of hydrogen-bond acceptors (Lipinski definition) is 2. The van der Waals surface area contributed by atoms with Crippen molar-refractivity contribution >= 4 is 12.0 Å². The minimum Gasteiger partial charge on any atom is -0.481 e. The quantitative estimate of drug-likeness (QED) is 0.896. The minimum atomic E-state index is -0.967. The SMILES string of the molecule is O=C(O)[C@@H]1CCCN(C(=O)NCc2ccc(F)c(F)c2)C1. The number of carboxylic acids is 1. The average Bonchev–Trinajstić information content (AvgIpc) is 2.48. The molecule has 1 aliphatic rings. The van der Waals surface area contributed by atoms with Crippen LogP contribution in [0.15, 0.2) is 18.2 Å². The third-order valence-electron chi connectivity index (χ3n) is 3.49. The second kappa shape index (κ2) is 6.51. The molecule has 7 heteroatoms. The van der Waals surface area contributed by atoms with Gasteiger partial charge in [0, 0.05) is 19.6 Å². The van der Waals surface area contributed by atoms with Crippen molar-refractivity contribution in [3.05, 3.63) is 35.4 Å². The van der Waals surface area contributed by atoms with Gasteiger partial charge in [0.15, 0.2) is 11.6 Å². The number of benzene rings is 1. The number of likely N-dealkylation sites (tertiary alicyclic amines) is 1. The van der Waals surface area contributed by atoms with Crippen molar-refractivity contribution in [1.29, 1.82) is 0 Å². The van der Waals surface area contributed by atoms with Crippen LogP contribution in [-0.4, -0.2) is 35.1 Å². The van der Waals surface area contributed by atoms with Crippen LogP contribution in [0.2, 0.25) is 0 Å². The standard InChI is InChI=1S/C14H16F2N2O3/c15-11-4-3-9(6-12(11)16)7-17-14(21)18-5-1-2-10(8-18)13(19)20/h3-4,6,10H,1-2,5,7-8H2,(H,17,21)(H,19,20)/t10-/m1/s1. The minimum absolute atomic E-state index is 0.0598. The van der Waals surface area contributed by atoms with Gasteiger partial charge in [0.05, 0.1) is 5.92 Å². The summed E-state index contributed by atoms with van der Waals surface area (Å²) in [6.07, 6.45) is 1.19. The highest BCUT2D eigenvalue weighted by Crippen LogP contribution is 2.16. The number of carboxylic acid groups (broad SMARTS) is 1. The van der Waals surface area contributed by atoms with E-state index >= 15 is 0 Å². The Balaban J connectivity index is 1.89. The molecule has 1 atom stereocenters. The maximum absolute atomic E-state index is 13.0. The molecule has 0 unspecified atom stereocenters. The smallest absolute Gasteiger partial charge is 0.317 e. The lowest BCUT2D eigenvalue weighted by Gasteiger charge is -2.30. The Kier molecular flexibility index (Phi) is 4.72. The largest absolute Gasteiger partial charge is 0.481 e. The van der Waals surface area contributed by atoms with Crippen molar-refractivity contribution in [1.82, 2.24) is 10.2 Å². The Morgan fingerprint density at radius 1 is 1.33 bits per heavy atom. The van der Waals surface area contributed by atoms with Gasteiger partial charge in [0.1, 0.15) is 0 Å². The fraction of sp³-hybridized carbons (Fsp3) is 0.429. The summed E-state index contributed by atoms with van der Waals surface area (Å²) >= 11 is 0. The fourth-order valence-corrected chi connectivity index (χ4v) is 2.30. The molecule has 1 aliphatic heterocycles. The zero-order valence-electron chi connectivity index (χ0n) is 11.3. The monoisotopic (exact) mass is 298 g/mol. The van der Waals surface area contributed by atoms with Gasteiger partial charge < -0.3 is 15.3 Å². The molecule has 2 amide bonds. The van der Waals surface area contributed by atoms with E-state index in [1.165, 1.54) is 11.0 Å². The first-order valence-corrected chi connectivity index (χ1v) is 6.67. The molecule has 1 saturated heterocycles. The van der Waals surface area contributed by atoms with Crippen LogP contribution < -0.4 is 5.32 Å². The maximum atomic E-state index is 13.0. The van der Waals surface area contributed by atoms with Gasteiger partial charge in [-0.05, 0) is 30.5 Å². The van der Waals surface area contributed by atoms with Gasteiger partial charge in [-0.2, -0.15) is 0 Å². The second-order valence-corrected chi connectivity index (χ2v) is 5.03. The molecule has 2 rings (SSSR count). The molecule has 1 fully saturated rings. The summed E-state index contributed by atoms with van der Waals surface area (Å²) in [5, 5.41) is 11.5. The lowest BCUT2D eigenvalue weighted by atomic mass is 9.99. The molecule has 0 aliphatic carbocycles. The van der Waals surface area contributed by atoms with Gasteiger partial charge in [-0.15, -0.1) is 0 Å². The number of amides is 2. The van der Waals surface area contributed by atoms with Crippen molar-refractivity contribution in [2.75, 3.05) is 13.1 Å². The molecule has 2 N–H and O–H groups in total. The lowest BCUT2D eigenvalue weighted by molar-refractivity contribution is -0.143. The van der Waals surface area contributed by atoms with Crippen LogP contribution in [-0.2, 0) is 11.3 Å². The van der Waals surface area contributed by atoms with E-state index in [9.17, 15) is 18.4 Å². The predicted molar refractivity (Wildman–Crippen MR) is 70.5 cm³/mol. The Morgan fingerprint density at radius 2 is 2.10 bits per heavy atom. The molecule has 1 aromatic rings. The zero-order chi connectivity index (χ0) is 15.4. The van der Waals surface area contributed by atoms with Gasteiger partial charge in [0.2, 0.25) is 0 Å².